The van der Waals surface area contributed by atoms with Crippen LogP contribution in [0.15, 0.2) is 28.7 Å². The van der Waals surface area contributed by atoms with Gasteiger partial charge in [-0.3, -0.25) is 9.59 Å². The molecular formula is C16H20BrNO3. The van der Waals surface area contributed by atoms with Gasteiger partial charge in [0, 0.05) is 10.0 Å². The molecule has 5 heteroatoms. The summed E-state index contributed by atoms with van der Waals surface area (Å²) in [4.78, 5) is 24.7. The Morgan fingerprint density at radius 3 is 2.38 bits per heavy atom. The number of ketones is 1. The minimum atomic E-state index is -0.716. The van der Waals surface area contributed by atoms with E-state index in [0.717, 1.165) is 4.47 Å². The summed E-state index contributed by atoms with van der Waals surface area (Å²) in [6.07, 6.45) is 0.611. The molecule has 1 fully saturated rings. The van der Waals surface area contributed by atoms with Crippen molar-refractivity contribution in [1.29, 1.82) is 0 Å². The van der Waals surface area contributed by atoms with Crippen LogP contribution in [0.5, 0.6) is 0 Å². The van der Waals surface area contributed by atoms with E-state index >= 15 is 0 Å². The summed E-state index contributed by atoms with van der Waals surface area (Å²) in [6, 6.07) is 6.56. The second kappa shape index (κ2) is 6.28. The van der Waals surface area contributed by atoms with Gasteiger partial charge in [0.2, 0.25) is 0 Å². The van der Waals surface area contributed by atoms with Crippen LogP contribution in [0.2, 0.25) is 0 Å². The van der Waals surface area contributed by atoms with Crippen molar-refractivity contribution in [3.63, 3.8) is 0 Å². The van der Waals surface area contributed by atoms with Crippen molar-refractivity contribution in [2.75, 3.05) is 6.61 Å². The third-order valence-corrected chi connectivity index (χ3v) is 4.06. The van der Waals surface area contributed by atoms with Crippen LogP contribution >= 0.6 is 15.9 Å². The van der Waals surface area contributed by atoms with Gasteiger partial charge in [0.25, 0.3) is 5.91 Å². The van der Waals surface area contributed by atoms with Gasteiger partial charge < -0.3 is 10.1 Å². The SMILES string of the molecule is CC(C)C[C@H](NC(=O)c1ccc(Br)cc1)C(=O)[C@@]1(C)CO1. The highest BCUT2D eigenvalue weighted by atomic mass is 79.9. The molecule has 4 nitrogen and oxygen atoms in total. The third-order valence-electron chi connectivity index (χ3n) is 3.53. The zero-order chi connectivity index (χ0) is 15.6. The maximum atomic E-state index is 12.4. The van der Waals surface area contributed by atoms with Crippen molar-refractivity contribution in [2.45, 2.75) is 38.8 Å². The molecule has 2 atom stereocenters. The molecule has 0 aliphatic carbocycles. The highest BCUT2D eigenvalue weighted by Gasteiger charge is 2.50. The molecule has 114 valence electrons. The normalized spacial score (nSPS) is 22.0. The first kappa shape index (κ1) is 16.2. The van der Waals surface area contributed by atoms with E-state index in [1.165, 1.54) is 0 Å². The number of carbonyl (C=O) groups excluding carboxylic acids is 2. The van der Waals surface area contributed by atoms with Crippen LogP contribution in [0.3, 0.4) is 0 Å². The monoisotopic (exact) mass is 353 g/mol. The van der Waals surface area contributed by atoms with E-state index in [9.17, 15) is 9.59 Å². The molecule has 0 aromatic heterocycles. The number of nitrogens with one attached hydrogen (secondary N) is 1. The Kier molecular flexibility index (Phi) is 4.84. The Hall–Kier alpha value is -1.20. The topological polar surface area (TPSA) is 58.7 Å². The number of hydrogen-bond acceptors (Lipinski definition) is 3. The van der Waals surface area contributed by atoms with Gasteiger partial charge in [-0.2, -0.15) is 0 Å². The summed E-state index contributed by atoms with van der Waals surface area (Å²) in [5.74, 6) is 0.0407. The lowest BCUT2D eigenvalue weighted by molar-refractivity contribution is -0.125. The summed E-state index contributed by atoms with van der Waals surface area (Å²) < 4.78 is 6.13. The van der Waals surface area contributed by atoms with Crippen molar-refractivity contribution in [1.82, 2.24) is 5.32 Å². The van der Waals surface area contributed by atoms with E-state index in [1.54, 1.807) is 31.2 Å². The molecule has 0 radical (unpaired) electrons. The first-order valence-electron chi connectivity index (χ1n) is 7.06. The molecule has 2 rings (SSSR count). The Morgan fingerprint density at radius 2 is 1.90 bits per heavy atom. The van der Waals surface area contributed by atoms with Crippen molar-refractivity contribution in [3.8, 4) is 0 Å². The van der Waals surface area contributed by atoms with Gasteiger partial charge >= 0.3 is 0 Å². The number of ether oxygens (including phenoxy) is 1. The van der Waals surface area contributed by atoms with E-state index in [1.807, 2.05) is 13.8 Å². The molecule has 0 bridgehead atoms. The molecular weight excluding hydrogens is 334 g/mol. The number of amides is 1. The Bertz CT molecular complexity index is 535. The number of hydrogen-bond donors (Lipinski definition) is 1. The summed E-state index contributed by atoms with van der Waals surface area (Å²) in [5, 5.41) is 2.85. The lowest BCUT2D eigenvalue weighted by Crippen LogP contribution is -2.46. The van der Waals surface area contributed by atoms with E-state index in [-0.39, 0.29) is 11.7 Å². The van der Waals surface area contributed by atoms with Crippen molar-refractivity contribution in [2.24, 2.45) is 5.92 Å². The van der Waals surface area contributed by atoms with Crippen molar-refractivity contribution >= 4 is 27.6 Å². The first-order chi connectivity index (χ1) is 9.82. The number of Topliss-reactive ketones (excluding diaryl/α,β-unsaturated/α-hetero) is 1. The fourth-order valence-corrected chi connectivity index (χ4v) is 2.43. The van der Waals surface area contributed by atoms with Crippen LogP contribution in [0.4, 0.5) is 0 Å². The zero-order valence-electron chi connectivity index (χ0n) is 12.5. The highest BCUT2D eigenvalue weighted by Crippen LogP contribution is 2.29. The second-order valence-corrected chi connectivity index (χ2v) is 6.96. The molecule has 1 aliphatic rings. The third kappa shape index (κ3) is 4.14. The summed E-state index contributed by atoms with van der Waals surface area (Å²) >= 11 is 3.33. The Morgan fingerprint density at radius 1 is 1.33 bits per heavy atom. The quantitative estimate of drug-likeness (QED) is 0.799. The van der Waals surface area contributed by atoms with Crippen molar-refractivity contribution in [3.05, 3.63) is 34.3 Å². The average molecular weight is 354 g/mol. The van der Waals surface area contributed by atoms with Crippen LogP contribution in [0.25, 0.3) is 0 Å². The van der Waals surface area contributed by atoms with Gasteiger partial charge in [-0.05, 0) is 43.5 Å². The number of benzene rings is 1. The summed E-state index contributed by atoms with van der Waals surface area (Å²) in [7, 11) is 0. The molecule has 1 heterocycles. The van der Waals surface area contributed by atoms with Crippen LogP contribution < -0.4 is 5.32 Å². The van der Waals surface area contributed by atoms with Gasteiger partial charge in [0.15, 0.2) is 5.78 Å². The molecule has 0 unspecified atom stereocenters. The minimum absolute atomic E-state index is 0.0401. The van der Waals surface area contributed by atoms with E-state index in [4.69, 9.17) is 4.74 Å². The van der Waals surface area contributed by atoms with Crippen LogP contribution in [-0.2, 0) is 9.53 Å². The van der Waals surface area contributed by atoms with Gasteiger partial charge in [0.05, 0.1) is 12.6 Å². The van der Waals surface area contributed by atoms with Gasteiger partial charge in [-0.15, -0.1) is 0 Å². The number of epoxide rings is 1. The van der Waals surface area contributed by atoms with Crippen LogP contribution in [0.1, 0.15) is 37.6 Å². The molecule has 1 N–H and O–H groups in total. The Labute approximate surface area is 133 Å². The number of carbonyl (C=O) groups is 2. The summed E-state index contributed by atoms with van der Waals surface area (Å²) in [5.41, 5.74) is -0.173. The summed E-state index contributed by atoms with van der Waals surface area (Å²) in [6.45, 7) is 6.27. The molecule has 1 aliphatic heterocycles. The molecule has 1 aromatic carbocycles. The Balaban J connectivity index is 2.09. The molecule has 0 saturated carbocycles. The van der Waals surface area contributed by atoms with Gasteiger partial charge in [-0.1, -0.05) is 29.8 Å². The van der Waals surface area contributed by atoms with Crippen LogP contribution in [-0.4, -0.2) is 29.9 Å². The highest BCUT2D eigenvalue weighted by molar-refractivity contribution is 9.10. The van der Waals surface area contributed by atoms with Gasteiger partial charge in [0.1, 0.15) is 5.60 Å². The predicted octanol–water partition coefficient (Wildman–Crippen LogP) is 2.95. The lowest BCUT2D eigenvalue weighted by atomic mass is 9.93. The van der Waals surface area contributed by atoms with Crippen LogP contribution in [0, 0.1) is 5.92 Å². The second-order valence-electron chi connectivity index (χ2n) is 6.05. The maximum absolute atomic E-state index is 12.4. The molecule has 1 aromatic rings. The smallest absolute Gasteiger partial charge is 0.251 e. The largest absolute Gasteiger partial charge is 0.361 e. The molecule has 21 heavy (non-hydrogen) atoms. The first-order valence-corrected chi connectivity index (χ1v) is 7.86. The standard InChI is InChI=1S/C16H20BrNO3/c1-10(2)8-13(14(19)16(3)9-21-16)18-15(20)11-4-6-12(17)7-5-11/h4-7,10,13H,8-9H2,1-3H3,(H,18,20)/t13-,16+/m0/s1. The van der Waals surface area contributed by atoms with E-state index in [0.29, 0.717) is 24.5 Å². The fourth-order valence-electron chi connectivity index (χ4n) is 2.16. The number of rotatable bonds is 6. The number of halogens is 1. The van der Waals surface area contributed by atoms with Crippen molar-refractivity contribution < 1.29 is 14.3 Å². The fraction of sp³-hybridized carbons (Fsp3) is 0.500. The maximum Gasteiger partial charge on any atom is 0.251 e. The van der Waals surface area contributed by atoms with E-state index in [2.05, 4.69) is 21.2 Å². The molecule has 1 amide bonds. The molecule has 1 saturated heterocycles. The molecule has 0 spiro atoms. The van der Waals surface area contributed by atoms with Gasteiger partial charge in [-0.25, -0.2) is 0 Å². The average Bonchev–Trinajstić information content (AvgIpc) is 3.16. The minimum Gasteiger partial charge on any atom is -0.361 e. The lowest BCUT2D eigenvalue weighted by Gasteiger charge is -2.21. The zero-order valence-corrected chi connectivity index (χ0v) is 14.1. The predicted molar refractivity (Wildman–Crippen MR) is 84.2 cm³/mol. The van der Waals surface area contributed by atoms with E-state index < -0.39 is 11.6 Å².